The van der Waals surface area contributed by atoms with Crippen LogP contribution in [-0.2, 0) is 17.9 Å². The number of hydrogen-bond acceptors (Lipinski definition) is 2. The Labute approximate surface area is 174 Å². The summed E-state index contributed by atoms with van der Waals surface area (Å²) in [5.74, 6) is 0.731. The maximum atomic E-state index is 12.3. The second kappa shape index (κ2) is 8.84. The molecule has 0 spiro atoms. The van der Waals surface area contributed by atoms with Crippen LogP contribution in [0.3, 0.4) is 0 Å². The average molecular weight is 405 g/mol. The molecule has 0 unspecified atom stereocenters. The van der Waals surface area contributed by atoms with Gasteiger partial charge in [-0.25, -0.2) is 0 Å². The molecule has 0 atom stereocenters. The third kappa shape index (κ3) is 4.98. The van der Waals surface area contributed by atoms with Gasteiger partial charge in [0.2, 0.25) is 5.91 Å². The summed E-state index contributed by atoms with van der Waals surface area (Å²) in [5.41, 5.74) is 2.94. The fraction of sp³-hybridized carbons (Fsp3) is 0.125. The lowest BCUT2D eigenvalue weighted by Crippen LogP contribution is -2.14. The summed E-state index contributed by atoms with van der Waals surface area (Å²) in [6.07, 6.45) is 2.43. The first-order chi connectivity index (χ1) is 14.2. The van der Waals surface area contributed by atoms with Gasteiger partial charge in [-0.15, -0.1) is 0 Å². The third-order valence-corrected chi connectivity index (χ3v) is 4.97. The molecule has 0 bridgehead atoms. The molecule has 1 amide bonds. The Kier molecular flexibility index (Phi) is 5.82. The third-order valence-electron chi connectivity index (χ3n) is 4.72. The van der Waals surface area contributed by atoms with E-state index in [1.807, 2.05) is 66.9 Å². The van der Waals surface area contributed by atoms with Crippen LogP contribution < -0.4 is 10.1 Å². The maximum Gasteiger partial charge on any atom is 0.226 e. The molecule has 0 aliphatic carbocycles. The molecule has 0 aliphatic heterocycles. The highest BCUT2D eigenvalue weighted by Crippen LogP contribution is 2.19. The van der Waals surface area contributed by atoms with Crippen LogP contribution in [0, 0.1) is 0 Å². The van der Waals surface area contributed by atoms with Crippen molar-refractivity contribution in [2.45, 2.75) is 19.6 Å². The number of nitrogens with one attached hydrogen (secondary N) is 1. The van der Waals surface area contributed by atoms with Crippen LogP contribution in [0.5, 0.6) is 5.75 Å². The van der Waals surface area contributed by atoms with Crippen LogP contribution in [-0.4, -0.2) is 10.5 Å². The zero-order chi connectivity index (χ0) is 20.1. The smallest absolute Gasteiger partial charge is 0.226 e. The van der Waals surface area contributed by atoms with Gasteiger partial charge < -0.3 is 14.6 Å². The molecule has 4 rings (SSSR count). The minimum Gasteiger partial charge on any atom is -0.489 e. The molecule has 4 aromatic rings. The van der Waals surface area contributed by atoms with E-state index < -0.39 is 0 Å². The van der Waals surface area contributed by atoms with Gasteiger partial charge in [0.1, 0.15) is 12.4 Å². The highest BCUT2D eigenvalue weighted by Gasteiger charge is 2.06. The Hall–Kier alpha value is -3.24. The topological polar surface area (TPSA) is 43.3 Å². The van der Waals surface area contributed by atoms with Gasteiger partial charge in [-0.2, -0.15) is 0 Å². The SMILES string of the molecule is O=C(CCn1ccc2ccccc21)Nc1ccc(OCc2ccc(Cl)cc2)cc1. The molecule has 5 heteroatoms. The molecule has 1 aromatic heterocycles. The predicted molar refractivity (Wildman–Crippen MR) is 117 cm³/mol. The van der Waals surface area contributed by atoms with Gasteiger partial charge >= 0.3 is 0 Å². The molecule has 0 radical (unpaired) electrons. The number of carbonyl (C=O) groups excluding carboxylic acids is 1. The number of aryl methyl sites for hydroxylation is 1. The van der Waals surface area contributed by atoms with Gasteiger partial charge in [-0.3, -0.25) is 4.79 Å². The van der Waals surface area contributed by atoms with Crippen LogP contribution >= 0.6 is 11.6 Å². The van der Waals surface area contributed by atoms with E-state index in [2.05, 4.69) is 28.1 Å². The maximum absolute atomic E-state index is 12.3. The van der Waals surface area contributed by atoms with Crippen LogP contribution in [0.2, 0.25) is 5.02 Å². The van der Waals surface area contributed by atoms with E-state index in [4.69, 9.17) is 16.3 Å². The van der Waals surface area contributed by atoms with E-state index in [1.54, 1.807) is 0 Å². The Morgan fingerprint density at radius 1 is 0.931 bits per heavy atom. The van der Waals surface area contributed by atoms with Crippen molar-refractivity contribution in [3.05, 3.63) is 95.6 Å². The summed E-state index contributed by atoms with van der Waals surface area (Å²) >= 11 is 5.89. The second-order valence-electron chi connectivity index (χ2n) is 6.81. The van der Waals surface area contributed by atoms with Crippen LogP contribution in [0.25, 0.3) is 10.9 Å². The number of hydrogen-bond donors (Lipinski definition) is 1. The van der Waals surface area contributed by atoms with Gasteiger partial charge in [-0.05, 0) is 59.5 Å². The van der Waals surface area contributed by atoms with E-state index in [0.717, 1.165) is 22.5 Å². The Morgan fingerprint density at radius 3 is 2.48 bits per heavy atom. The molecule has 0 saturated carbocycles. The number of halogens is 1. The fourth-order valence-corrected chi connectivity index (χ4v) is 3.29. The molecule has 1 N–H and O–H groups in total. The van der Waals surface area contributed by atoms with Gasteiger partial charge in [0, 0.05) is 35.4 Å². The van der Waals surface area contributed by atoms with Crippen molar-refractivity contribution in [2.24, 2.45) is 0 Å². The molecule has 146 valence electrons. The zero-order valence-electron chi connectivity index (χ0n) is 15.8. The van der Waals surface area contributed by atoms with Crippen molar-refractivity contribution in [1.82, 2.24) is 4.57 Å². The molecule has 0 fully saturated rings. The normalized spacial score (nSPS) is 10.8. The molecule has 1 heterocycles. The van der Waals surface area contributed by atoms with Gasteiger partial charge in [0.05, 0.1) is 0 Å². The largest absolute Gasteiger partial charge is 0.489 e. The average Bonchev–Trinajstić information content (AvgIpc) is 3.16. The number of benzene rings is 3. The van der Waals surface area contributed by atoms with E-state index in [1.165, 1.54) is 5.39 Å². The van der Waals surface area contributed by atoms with Crippen molar-refractivity contribution < 1.29 is 9.53 Å². The molecule has 0 saturated heterocycles. The molecule has 3 aromatic carbocycles. The van der Waals surface area contributed by atoms with Crippen molar-refractivity contribution in [1.29, 1.82) is 0 Å². The number of anilines is 1. The lowest BCUT2D eigenvalue weighted by Gasteiger charge is -2.09. The molecule has 29 heavy (non-hydrogen) atoms. The quantitative estimate of drug-likeness (QED) is 0.416. The number of fused-ring (bicyclic) bond motifs is 1. The number of amides is 1. The van der Waals surface area contributed by atoms with Crippen LogP contribution in [0.15, 0.2) is 85.1 Å². The first-order valence-electron chi connectivity index (χ1n) is 9.48. The fourth-order valence-electron chi connectivity index (χ4n) is 3.16. The summed E-state index contributed by atoms with van der Waals surface area (Å²) < 4.78 is 7.87. The first kappa shape index (κ1) is 19.1. The first-order valence-corrected chi connectivity index (χ1v) is 9.86. The van der Waals surface area contributed by atoms with Gasteiger partial charge in [-0.1, -0.05) is 41.9 Å². The predicted octanol–water partition coefficient (Wildman–Crippen LogP) is 5.90. The van der Waals surface area contributed by atoms with E-state index in [0.29, 0.717) is 24.6 Å². The van der Waals surface area contributed by atoms with Crippen molar-refractivity contribution >= 4 is 34.1 Å². The van der Waals surface area contributed by atoms with Crippen LogP contribution in [0.1, 0.15) is 12.0 Å². The molecule has 0 aliphatic rings. The summed E-state index contributed by atoms with van der Waals surface area (Å²) in [4.78, 5) is 12.3. The van der Waals surface area contributed by atoms with Gasteiger partial charge in [0.15, 0.2) is 0 Å². The minimum absolute atomic E-state index is 0.0161. The molecular formula is C24H21ClN2O2. The highest BCUT2D eigenvalue weighted by molar-refractivity contribution is 6.30. The van der Waals surface area contributed by atoms with Crippen molar-refractivity contribution in [3.8, 4) is 5.75 Å². The van der Waals surface area contributed by atoms with Crippen molar-refractivity contribution in [3.63, 3.8) is 0 Å². The number of rotatable bonds is 7. The van der Waals surface area contributed by atoms with Crippen molar-refractivity contribution in [2.75, 3.05) is 5.32 Å². The second-order valence-corrected chi connectivity index (χ2v) is 7.24. The van der Waals surface area contributed by atoms with E-state index >= 15 is 0 Å². The number of para-hydroxylation sites is 1. The number of carbonyl (C=O) groups is 1. The Bertz CT molecular complexity index is 1100. The summed E-state index contributed by atoms with van der Waals surface area (Å²) in [7, 11) is 0. The summed E-state index contributed by atoms with van der Waals surface area (Å²) in [6.45, 7) is 1.11. The van der Waals surface area contributed by atoms with E-state index in [9.17, 15) is 4.79 Å². The molecular weight excluding hydrogens is 384 g/mol. The zero-order valence-corrected chi connectivity index (χ0v) is 16.6. The monoisotopic (exact) mass is 404 g/mol. The van der Waals surface area contributed by atoms with Crippen LogP contribution in [0.4, 0.5) is 5.69 Å². The number of aromatic nitrogens is 1. The standard InChI is InChI=1S/C24H21ClN2O2/c25-20-7-5-18(6-8-20)17-29-22-11-9-21(10-12-22)26-24(28)14-16-27-15-13-19-3-1-2-4-23(19)27/h1-13,15H,14,16-17H2,(H,26,28). The number of nitrogens with zero attached hydrogens (tertiary/aromatic N) is 1. The lowest BCUT2D eigenvalue weighted by molar-refractivity contribution is -0.116. The lowest BCUT2D eigenvalue weighted by atomic mass is 10.2. The van der Waals surface area contributed by atoms with Gasteiger partial charge in [0.25, 0.3) is 0 Å². The summed E-state index contributed by atoms with van der Waals surface area (Å²) in [6, 6.07) is 25.2. The minimum atomic E-state index is -0.0161. The highest BCUT2D eigenvalue weighted by atomic mass is 35.5. The summed E-state index contributed by atoms with van der Waals surface area (Å²) in [5, 5.41) is 4.83. The Morgan fingerprint density at radius 2 is 1.69 bits per heavy atom. The number of ether oxygens (including phenoxy) is 1. The van der Waals surface area contributed by atoms with E-state index in [-0.39, 0.29) is 5.91 Å². The molecule has 4 nitrogen and oxygen atoms in total. The Balaban J connectivity index is 1.27.